The van der Waals surface area contributed by atoms with Crippen LogP contribution in [-0.2, 0) is 0 Å². The third kappa shape index (κ3) is 1.90. The van der Waals surface area contributed by atoms with Crippen LogP contribution >= 0.6 is 0 Å². The Morgan fingerprint density at radius 1 is 1.18 bits per heavy atom. The van der Waals surface area contributed by atoms with E-state index >= 15 is 0 Å². The zero-order chi connectivity index (χ0) is 8.48. The molecule has 0 spiro atoms. The second-order valence-corrected chi connectivity index (χ2v) is 6.77. The third-order valence-electron chi connectivity index (χ3n) is 1.79. The summed E-state index contributed by atoms with van der Waals surface area (Å²) in [6.07, 6.45) is 0. The minimum Gasteiger partial charge on any atom is -0.308 e. The van der Waals surface area contributed by atoms with E-state index in [1.165, 1.54) is 0 Å². The topological polar surface area (TPSA) is 0 Å². The normalized spacial score (nSPS) is 11.6. The molecule has 0 nitrogen and oxygen atoms in total. The Balaban J connectivity index is 3.14. The van der Waals surface area contributed by atoms with E-state index in [4.69, 9.17) is 0 Å². The Morgan fingerprint density at radius 2 is 1.73 bits per heavy atom. The van der Waals surface area contributed by atoms with E-state index in [-0.39, 0.29) is 0 Å². The molecule has 0 saturated heterocycles. The van der Waals surface area contributed by atoms with Gasteiger partial charge in [-0.15, -0.1) is 0 Å². The number of rotatable bonds is 1. The minimum absolute atomic E-state index is 0.917. The van der Waals surface area contributed by atoms with Gasteiger partial charge in [0.05, 0.1) is 0 Å². The number of benzene rings is 1. The molecule has 11 heavy (non-hydrogen) atoms. The molecule has 0 amide bonds. The van der Waals surface area contributed by atoms with Crippen molar-refractivity contribution in [2.75, 3.05) is 0 Å². The molecule has 0 fully saturated rings. The lowest BCUT2D eigenvalue weighted by Gasteiger charge is -2.13. The molecule has 0 aliphatic heterocycles. The predicted molar refractivity (Wildman–Crippen MR) is 49.4 cm³/mol. The van der Waals surface area contributed by atoms with Crippen molar-refractivity contribution in [3.05, 3.63) is 29.8 Å². The molecule has 0 saturated carbocycles. The highest BCUT2D eigenvalue weighted by Gasteiger charge is 2.24. The predicted octanol–water partition coefficient (Wildman–Crippen LogP) is 2.38. The van der Waals surface area contributed by atoms with Gasteiger partial charge in [0.15, 0.2) is 0 Å². The smallest absolute Gasteiger partial charge is 0.271 e. The minimum atomic E-state index is -2.58. The molecule has 0 radical (unpaired) electrons. The first-order valence-electron chi connectivity index (χ1n) is 3.77. The van der Waals surface area contributed by atoms with Gasteiger partial charge >= 0.3 is 0 Å². The molecule has 1 aromatic rings. The zero-order valence-corrected chi connectivity index (χ0v) is 8.19. The summed E-state index contributed by atoms with van der Waals surface area (Å²) in [6, 6.07) is 7.70. The van der Waals surface area contributed by atoms with Crippen molar-refractivity contribution < 1.29 is 4.11 Å². The Morgan fingerprint density at radius 3 is 2.09 bits per heavy atom. The molecule has 0 N–H and O–H groups in total. The number of halogens is 1. The maximum atomic E-state index is 13.5. The lowest BCUT2D eigenvalue weighted by molar-refractivity contribution is 0.821. The summed E-state index contributed by atoms with van der Waals surface area (Å²) in [6.45, 7) is 5.40. The Labute approximate surface area is 68.2 Å². The maximum Gasteiger partial charge on any atom is 0.271 e. The van der Waals surface area contributed by atoms with Crippen LogP contribution in [0.3, 0.4) is 0 Å². The van der Waals surface area contributed by atoms with Gasteiger partial charge in [-0.3, -0.25) is 0 Å². The highest BCUT2D eigenvalue weighted by Crippen LogP contribution is 2.07. The molecular formula is C9H13FSi. The summed E-state index contributed by atoms with van der Waals surface area (Å²) in [7, 11) is -2.58. The molecule has 0 bridgehead atoms. The highest BCUT2D eigenvalue weighted by atomic mass is 28.4. The van der Waals surface area contributed by atoms with Gasteiger partial charge in [-0.25, -0.2) is 0 Å². The number of hydrogen-bond donors (Lipinski definition) is 0. The van der Waals surface area contributed by atoms with Crippen LogP contribution in [0.4, 0.5) is 4.11 Å². The molecule has 0 aromatic heterocycles. The first-order chi connectivity index (χ1) is 5.02. The molecular weight excluding hydrogens is 155 g/mol. The van der Waals surface area contributed by atoms with Gasteiger partial charge in [-0.2, -0.15) is 0 Å². The summed E-state index contributed by atoms with van der Waals surface area (Å²) in [5.41, 5.74) is 1.08. The van der Waals surface area contributed by atoms with E-state index < -0.39 is 8.41 Å². The molecule has 0 unspecified atom stereocenters. The van der Waals surface area contributed by atoms with Crippen LogP contribution < -0.4 is 5.19 Å². The average Bonchev–Trinajstić information content (AvgIpc) is 1.86. The summed E-state index contributed by atoms with van der Waals surface area (Å²) in [5, 5.41) is 0.917. The van der Waals surface area contributed by atoms with Crippen molar-refractivity contribution in [1.82, 2.24) is 0 Å². The van der Waals surface area contributed by atoms with E-state index in [0.29, 0.717) is 0 Å². The van der Waals surface area contributed by atoms with E-state index in [0.717, 1.165) is 10.8 Å². The van der Waals surface area contributed by atoms with Crippen molar-refractivity contribution in [1.29, 1.82) is 0 Å². The lowest BCUT2D eigenvalue weighted by atomic mass is 10.2. The zero-order valence-electron chi connectivity index (χ0n) is 7.19. The van der Waals surface area contributed by atoms with E-state index in [9.17, 15) is 4.11 Å². The van der Waals surface area contributed by atoms with Gasteiger partial charge in [0, 0.05) is 0 Å². The lowest BCUT2D eigenvalue weighted by Crippen LogP contribution is -2.38. The van der Waals surface area contributed by atoms with Crippen LogP contribution in [0.1, 0.15) is 5.56 Å². The Hall–Kier alpha value is -0.633. The monoisotopic (exact) mass is 168 g/mol. The fourth-order valence-corrected chi connectivity index (χ4v) is 2.75. The molecule has 60 valence electrons. The van der Waals surface area contributed by atoms with Crippen molar-refractivity contribution in [3.8, 4) is 0 Å². The molecule has 1 aromatic carbocycles. The Bertz CT molecular complexity index is 250. The average molecular weight is 168 g/mol. The quantitative estimate of drug-likeness (QED) is 0.446. The second-order valence-electron chi connectivity index (χ2n) is 3.29. The second kappa shape index (κ2) is 2.78. The first kappa shape index (κ1) is 8.46. The van der Waals surface area contributed by atoms with E-state index in [2.05, 4.69) is 0 Å². The van der Waals surface area contributed by atoms with Crippen LogP contribution in [0.5, 0.6) is 0 Å². The van der Waals surface area contributed by atoms with Gasteiger partial charge in [0.1, 0.15) is 0 Å². The van der Waals surface area contributed by atoms with Crippen molar-refractivity contribution in [3.63, 3.8) is 0 Å². The molecule has 0 heterocycles. The molecule has 0 atom stereocenters. The Kier molecular flexibility index (Phi) is 2.14. The van der Waals surface area contributed by atoms with E-state index in [1.807, 2.05) is 31.2 Å². The van der Waals surface area contributed by atoms with Crippen LogP contribution in [0.25, 0.3) is 0 Å². The van der Waals surface area contributed by atoms with Gasteiger partial charge in [0.25, 0.3) is 8.41 Å². The fourth-order valence-electron chi connectivity index (χ4n) is 1.24. The molecule has 1 rings (SSSR count). The largest absolute Gasteiger partial charge is 0.308 e. The van der Waals surface area contributed by atoms with Crippen molar-refractivity contribution in [2.45, 2.75) is 20.0 Å². The van der Waals surface area contributed by atoms with Crippen LogP contribution in [-0.4, -0.2) is 8.41 Å². The van der Waals surface area contributed by atoms with Crippen LogP contribution in [0, 0.1) is 6.92 Å². The van der Waals surface area contributed by atoms with Crippen LogP contribution in [0.2, 0.25) is 13.1 Å². The fraction of sp³-hybridized carbons (Fsp3) is 0.333. The van der Waals surface area contributed by atoms with Gasteiger partial charge in [-0.1, -0.05) is 24.3 Å². The first-order valence-corrected chi connectivity index (χ1v) is 6.64. The van der Waals surface area contributed by atoms with Crippen molar-refractivity contribution >= 4 is 13.6 Å². The number of aryl methyl sites for hydroxylation is 1. The summed E-state index contributed by atoms with van der Waals surface area (Å²) < 4.78 is 13.5. The van der Waals surface area contributed by atoms with E-state index in [1.54, 1.807) is 13.1 Å². The maximum absolute atomic E-state index is 13.5. The third-order valence-corrected chi connectivity index (χ3v) is 3.63. The summed E-state index contributed by atoms with van der Waals surface area (Å²) in [5.74, 6) is 0. The summed E-state index contributed by atoms with van der Waals surface area (Å²) in [4.78, 5) is 0. The van der Waals surface area contributed by atoms with Gasteiger partial charge in [-0.05, 0) is 30.8 Å². The summed E-state index contributed by atoms with van der Waals surface area (Å²) >= 11 is 0. The highest BCUT2D eigenvalue weighted by molar-refractivity contribution is 6.84. The molecule has 0 aliphatic carbocycles. The number of hydrogen-bond acceptors (Lipinski definition) is 0. The molecule has 0 aliphatic rings. The van der Waals surface area contributed by atoms with Gasteiger partial charge < -0.3 is 4.11 Å². The van der Waals surface area contributed by atoms with Gasteiger partial charge in [0.2, 0.25) is 0 Å². The SMILES string of the molecule is Cc1ccccc1[Si](C)(C)F. The molecule has 2 heteroatoms. The standard InChI is InChI=1S/C9H13FSi/c1-8-6-4-5-7-9(8)11(2,3)10/h4-7H,1-3H3. The van der Waals surface area contributed by atoms with Crippen molar-refractivity contribution in [2.24, 2.45) is 0 Å². The van der Waals surface area contributed by atoms with Crippen LogP contribution in [0.15, 0.2) is 24.3 Å².